The zero-order chi connectivity index (χ0) is 12.4. The lowest BCUT2D eigenvalue weighted by Gasteiger charge is -2.42. The van der Waals surface area contributed by atoms with Crippen LogP contribution in [0.2, 0.25) is 0 Å². The van der Waals surface area contributed by atoms with E-state index in [9.17, 15) is 0 Å². The topological polar surface area (TPSA) is 44.5 Å². The lowest BCUT2D eigenvalue weighted by atomic mass is 9.80. The highest BCUT2D eigenvalue weighted by Gasteiger charge is 2.43. The Balaban J connectivity index is 1.60. The van der Waals surface area contributed by atoms with E-state index in [1.165, 1.54) is 25.0 Å². The largest absolute Gasteiger partial charge is 0.378 e. The molecule has 0 aromatic heterocycles. The van der Waals surface area contributed by atoms with Crippen LogP contribution in [0.3, 0.4) is 0 Å². The Kier molecular flexibility index (Phi) is 4.18. The minimum Gasteiger partial charge on any atom is -0.378 e. The Morgan fingerprint density at radius 2 is 2.17 bits per heavy atom. The van der Waals surface area contributed by atoms with E-state index >= 15 is 0 Å². The highest BCUT2D eigenvalue weighted by molar-refractivity contribution is 8.00. The second-order valence-corrected chi connectivity index (χ2v) is 7.42. The second kappa shape index (κ2) is 5.70. The molecular weight excluding hydrogens is 246 g/mol. The molecule has 104 valence electrons. The van der Waals surface area contributed by atoms with Gasteiger partial charge in [0.25, 0.3) is 0 Å². The van der Waals surface area contributed by atoms with E-state index in [-0.39, 0.29) is 5.60 Å². The van der Waals surface area contributed by atoms with Crippen LogP contribution in [0.5, 0.6) is 0 Å². The third kappa shape index (κ3) is 2.72. The van der Waals surface area contributed by atoms with Crippen molar-refractivity contribution in [3.05, 3.63) is 0 Å². The SMILES string of the molecule is NC(C1CCOC2(CCOC2)C1)C1CCCCS1. The lowest BCUT2D eigenvalue weighted by molar-refractivity contribution is -0.101. The van der Waals surface area contributed by atoms with Crippen LogP contribution < -0.4 is 5.73 Å². The highest BCUT2D eigenvalue weighted by Crippen LogP contribution is 2.39. The van der Waals surface area contributed by atoms with Gasteiger partial charge in [0.15, 0.2) is 0 Å². The summed E-state index contributed by atoms with van der Waals surface area (Å²) in [4.78, 5) is 0. The molecule has 1 spiro atoms. The molecule has 2 N–H and O–H groups in total. The molecule has 0 bridgehead atoms. The van der Waals surface area contributed by atoms with Crippen molar-refractivity contribution in [3.63, 3.8) is 0 Å². The fourth-order valence-electron chi connectivity index (χ4n) is 3.63. The molecule has 3 saturated heterocycles. The third-order valence-corrected chi connectivity index (χ3v) is 6.29. The summed E-state index contributed by atoms with van der Waals surface area (Å²) in [7, 11) is 0. The molecule has 3 rings (SSSR count). The summed E-state index contributed by atoms with van der Waals surface area (Å²) >= 11 is 2.10. The molecule has 3 aliphatic rings. The van der Waals surface area contributed by atoms with Gasteiger partial charge in [-0.3, -0.25) is 0 Å². The molecule has 0 aromatic rings. The third-order valence-electron chi connectivity index (χ3n) is 4.79. The van der Waals surface area contributed by atoms with E-state index in [0.717, 1.165) is 39.1 Å². The standard InChI is InChI=1S/C14H25NO2S/c15-13(12-3-1-2-8-18-12)11-4-6-17-14(9-11)5-7-16-10-14/h11-13H,1-10,15H2. The summed E-state index contributed by atoms with van der Waals surface area (Å²) in [5.41, 5.74) is 6.57. The molecule has 3 fully saturated rings. The molecule has 18 heavy (non-hydrogen) atoms. The zero-order valence-corrected chi connectivity index (χ0v) is 11.9. The van der Waals surface area contributed by atoms with Gasteiger partial charge in [-0.2, -0.15) is 11.8 Å². The van der Waals surface area contributed by atoms with Crippen molar-refractivity contribution in [3.8, 4) is 0 Å². The molecule has 4 atom stereocenters. The van der Waals surface area contributed by atoms with Gasteiger partial charge in [0.2, 0.25) is 0 Å². The Morgan fingerprint density at radius 1 is 1.22 bits per heavy atom. The summed E-state index contributed by atoms with van der Waals surface area (Å²) < 4.78 is 11.5. The fraction of sp³-hybridized carbons (Fsp3) is 1.00. The first-order valence-corrected chi connectivity index (χ1v) is 8.43. The quantitative estimate of drug-likeness (QED) is 0.836. The van der Waals surface area contributed by atoms with Crippen LogP contribution in [0.15, 0.2) is 0 Å². The van der Waals surface area contributed by atoms with Crippen LogP contribution in [0.25, 0.3) is 0 Å². The number of hydrogen-bond acceptors (Lipinski definition) is 4. The average Bonchev–Trinajstić information content (AvgIpc) is 2.87. The number of ether oxygens (including phenoxy) is 2. The summed E-state index contributed by atoms with van der Waals surface area (Å²) in [5, 5.41) is 0.682. The minimum absolute atomic E-state index is 0.0138. The van der Waals surface area contributed by atoms with E-state index in [1.807, 2.05) is 0 Å². The Labute approximate surface area is 114 Å². The predicted molar refractivity (Wildman–Crippen MR) is 74.9 cm³/mol. The zero-order valence-electron chi connectivity index (χ0n) is 11.1. The first kappa shape index (κ1) is 13.2. The van der Waals surface area contributed by atoms with Crippen molar-refractivity contribution < 1.29 is 9.47 Å². The maximum absolute atomic E-state index is 6.56. The first-order chi connectivity index (χ1) is 8.79. The normalized spacial score (nSPS) is 43.2. The number of thioether (sulfide) groups is 1. The lowest BCUT2D eigenvalue weighted by Crippen LogP contribution is -2.49. The Hall–Kier alpha value is 0.230. The van der Waals surface area contributed by atoms with Gasteiger partial charge in [0.1, 0.15) is 0 Å². The molecule has 0 saturated carbocycles. The fourth-order valence-corrected chi connectivity index (χ4v) is 5.08. The van der Waals surface area contributed by atoms with Crippen LogP contribution in [0.4, 0.5) is 0 Å². The van der Waals surface area contributed by atoms with Crippen LogP contribution in [0.1, 0.15) is 38.5 Å². The van der Waals surface area contributed by atoms with Gasteiger partial charge in [-0.05, 0) is 37.4 Å². The van der Waals surface area contributed by atoms with Gasteiger partial charge in [-0.25, -0.2) is 0 Å². The van der Waals surface area contributed by atoms with Gasteiger partial charge in [0, 0.05) is 30.9 Å². The molecule has 0 radical (unpaired) electrons. The van der Waals surface area contributed by atoms with Crippen LogP contribution in [-0.2, 0) is 9.47 Å². The Bertz CT molecular complexity index is 275. The van der Waals surface area contributed by atoms with E-state index in [2.05, 4.69) is 11.8 Å². The molecule has 4 unspecified atom stereocenters. The van der Waals surface area contributed by atoms with Gasteiger partial charge in [0.05, 0.1) is 12.2 Å². The van der Waals surface area contributed by atoms with E-state index < -0.39 is 0 Å². The highest BCUT2D eigenvalue weighted by atomic mass is 32.2. The molecule has 0 aliphatic carbocycles. The molecule has 4 heteroatoms. The number of hydrogen-bond donors (Lipinski definition) is 1. The summed E-state index contributed by atoms with van der Waals surface area (Å²) in [6.07, 6.45) is 7.37. The summed E-state index contributed by atoms with van der Waals surface area (Å²) in [6.45, 7) is 2.52. The molecule has 3 heterocycles. The summed E-state index contributed by atoms with van der Waals surface area (Å²) in [5.74, 6) is 1.94. The Morgan fingerprint density at radius 3 is 2.89 bits per heavy atom. The van der Waals surface area contributed by atoms with Crippen molar-refractivity contribution in [2.45, 2.75) is 55.4 Å². The van der Waals surface area contributed by atoms with Gasteiger partial charge in [-0.15, -0.1) is 0 Å². The van der Waals surface area contributed by atoms with Crippen molar-refractivity contribution in [2.24, 2.45) is 11.7 Å². The average molecular weight is 271 g/mol. The van der Waals surface area contributed by atoms with Crippen molar-refractivity contribution in [2.75, 3.05) is 25.6 Å². The van der Waals surface area contributed by atoms with E-state index in [0.29, 0.717) is 17.2 Å². The van der Waals surface area contributed by atoms with Gasteiger partial charge in [-0.1, -0.05) is 6.42 Å². The second-order valence-electron chi connectivity index (χ2n) is 6.07. The number of rotatable bonds is 2. The molecule has 0 amide bonds. The van der Waals surface area contributed by atoms with Crippen molar-refractivity contribution >= 4 is 11.8 Å². The predicted octanol–water partition coefficient (Wildman–Crippen LogP) is 2.19. The monoisotopic (exact) mass is 271 g/mol. The number of nitrogens with two attached hydrogens (primary N) is 1. The van der Waals surface area contributed by atoms with Crippen LogP contribution in [0, 0.1) is 5.92 Å². The van der Waals surface area contributed by atoms with Crippen molar-refractivity contribution in [1.82, 2.24) is 0 Å². The smallest absolute Gasteiger partial charge is 0.0939 e. The first-order valence-electron chi connectivity index (χ1n) is 7.38. The minimum atomic E-state index is 0.0138. The maximum Gasteiger partial charge on any atom is 0.0939 e. The molecule has 3 aliphatic heterocycles. The van der Waals surface area contributed by atoms with Gasteiger partial charge < -0.3 is 15.2 Å². The van der Waals surface area contributed by atoms with Crippen molar-refractivity contribution in [1.29, 1.82) is 0 Å². The van der Waals surface area contributed by atoms with Crippen LogP contribution in [-0.4, -0.2) is 42.5 Å². The molecule has 3 nitrogen and oxygen atoms in total. The van der Waals surface area contributed by atoms with E-state index in [1.54, 1.807) is 0 Å². The van der Waals surface area contributed by atoms with Gasteiger partial charge >= 0.3 is 0 Å². The van der Waals surface area contributed by atoms with E-state index in [4.69, 9.17) is 15.2 Å². The molecule has 0 aromatic carbocycles. The van der Waals surface area contributed by atoms with Crippen LogP contribution >= 0.6 is 11.8 Å². The molecular formula is C14H25NO2S. The summed E-state index contributed by atoms with van der Waals surface area (Å²) in [6, 6.07) is 0.358. The maximum atomic E-state index is 6.56.